The average Bonchev–Trinajstić information content (AvgIpc) is 2.39. The van der Waals surface area contributed by atoms with Crippen molar-refractivity contribution in [2.45, 2.75) is 0 Å². The van der Waals surface area contributed by atoms with E-state index in [1.807, 2.05) is 6.07 Å². The molecule has 5 heteroatoms. The van der Waals surface area contributed by atoms with Gasteiger partial charge in [0.05, 0.1) is 11.1 Å². The molecule has 0 saturated carbocycles. The van der Waals surface area contributed by atoms with Crippen LogP contribution in [0.1, 0.15) is 20.7 Å². The monoisotopic (exact) mass is 255 g/mol. The third-order valence-electron chi connectivity index (χ3n) is 2.59. The van der Waals surface area contributed by atoms with Gasteiger partial charge in [0.15, 0.2) is 0 Å². The first-order chi connectivity index (χ1) is 9.08. The number of hydrogen-bond donors (Lipinski definition) is 3. The highest BCUT2D eigenvalue weighted by Crippen LogP contribution is 2.16. The lowest BCUT2D eigenvalue weighted by atomic mass is 10.1. The Kier molecular flexibility index (Phi) is 3.47. The minimum absolute atomic E-state index is 0.141. The highest BCUT2D eigenvalue weighted by Gasteiger charge is 2.15. The van der Waals surface area contributed by atoms with Crippen molar-refractivity contribution in [2.24, 2.45) is 5.73 Å². The molecular formula is C14H13N3O2. The van der Waals surface area contributed by atoms with Crippen molar-refractivity contribution in [1.29, 1.82) is 0 Å². The zero-order chi connectivity index (χ0) is 13.8. The smallest absolute Gasteiger partial charge is 0.256 e. The summed E-state index contributed by atoms with van der Waals surface area (Å²) in [5, 5.41) is 2.68. The van der Waals surface area contributed by atoms with Crippen LogP contribution in [0.2, 0.25) is 0 Å². The van der Waals surface area contributed by atoms with Gasteiger partial charge in [0.2, 0.25) is 5.91 Å². The van der Waals surface area contributed by atoms with E-state index in [1.54, 1.807) is 24.3 Å². The maximum absolute atomic E-state index is 12.1. The summed E-state index contributed by atoms with van der Waals surface area (Å²) in [7, 11) is 0. The van der Waals surface area contributed by atoms with Crippen LogP contribution in [0.5, 0.6) is 0 Å². The third kappa shape index (κ3) is 2.90. The predicted octanol–water partition coefficient (Wildman–Crippen LogP) is 1.62. The van der Waals surface area contributed by atoms with E-state index in [0.29, 0.717) is 11.4 Å². The van der Waals surface area contributed by atoms with E-state index in [4.69, 9.17) is 11.5 Å². The number of para-hydroxylation sites is 1. The standard InChI is InChI=1S/C14H13N3O2/c15-9-6-7-11(13(16)18)12(8-9)14(19)17-10-4-2-1-3-5-10/h1-8H,15H2,(H2,16,18)(H,17,19). The highest BCUT2D eigenvalue weighted by atomic mass is 16.2. The molecule has 2 amide bonds. The van der Waals surface area contributed by atoms with Crippen LogP contribution in [0, 0.1) is 0 Å². The quantitative estimate of drug-likeness (QED) is 0.727. The fraction of sp³-hybridized carbons (Fsp3) is 0. The van der Waals surface area contributed by atoms with Crippen LogP contribution in [0.15, 0.2) is 48.5 Å². The van der Waals surface area contributed by atoms with Gasteiger partial charge in [0, 0.05) is 11.4 Å². The number of rotatable bonds is 3. The molecule has 5 N–H and O–H groups in total. The van der Waals surface area contributed by atoms with Gasteiger partial charge in [0.25, 0.3) is 5.91 Å². The number of carbonyl (C=O) groups is 2. The minimum atomic E-state index is -0.668. The van der Waals surface area contributed by atoms with Gasteiger partial charge in [-0.1, -0.05) is 18.2 Å². The Morgan fingerprint density at radius 1 is 0.947 bits per heavy atom. The molecule has 2 rings (SSSR count). The van der Waals surface area contributed by atoms with E-state index in [-0.39, 0.29) is 11.1 Å². The number of benzene rings is 2. The van der Waals surface area contributed by atoms with Gasteiger partial charge in [0.1, 0.15) is 0 Å². The van der Waals surface area contributed by atoms with Crippen molar-refractivity contribution in [3.63, 3.8) is 0 Å². The van der Waals surface area contributed by atoms with Gasteiger partial charge in [-0.05, 0) is 30.3 Å². The van der Waals surface area contributed by atoms with Gasteiger partial charge in [-0.25, -0.2) is 0 Å². The molecule has 2 aromatic carbocycles. The minimum Gasteiger partial charge on any atom is -0.399 e. The van der Waals surface area contributed by atoms with E-state index in [2.05, 4.69) is 5.32 Å². The topological polar surface area (TPSA) is 98.2 Å². The highest BCUT2D eigenvalue weighted by molar-refractivity contribution is 6.12. The molecule has 0 aliphatic carbocycles. The first kappa shape index (κ1) is 12.6. The summed E-state index contributed by atoms with van der Waals surface area (Å²) >= 11 is 0. The number of amides is 2. The van der Waals surface area contributed by atoms with E-state index >= 15 is 0 Å². The number of primary amides is 1. The van der Waals surface area contributed by atoms with E-state index in [9.17, 15) is 9.59 Å². The number of nitrogen functional groups attached to an aromatic ring is 1. The second-order valence-electron chi connectivity index (χ2n) is 3.99. The largest absolute Gasteiger partial charge is 0.399 e. The second-order valence-corrected chi connectivity index (χ2v) is 3.99. The molecule has 19 heavy (non-hydrogen) atoms. The Balaban J connectivity index is 2.33. The van der Waals surface area contributed by atoms with E-state index in [1.165, 1.54) is 18.2 Å². The molecule has 5 nitrogen and oxygen atoms in total. The van der Waals surface area contributed by atoms with Crippen LogP contribution in [-0.2, 0) is 0 Å². The molecule has 0 aliphatic rings. The van der Waals surface area contributed by atoms with Crippen molar-refractivity contribution in [3.05, 3.63) is 59.7 Å². The predicted molar refractivity (Wildman–Crippen MR) is 73.8 cm³/mol. The molecule has 0 saturated heterocycles. The number of carbonyl (C=O) groups excluding carboxylic acids is 2. The number of anilines is 2. The van der Waals surface area contributed by atoms with Gasteiger partial charge in [-0.15, -0.1) is 0 Å². The van der Waals surface area contributed by atoms with E-state index < -0.39 is 11.8 Å². The Hall–Kier alpha value is -2.82. The third-order valence-corrected chi connectivity index (χ3v) is 2.59. The van der Waals surface area contributed by atoms with Crippen molar-refractivity contribution in [3.8, 4) is 0 Å². The van der Waals surface area contributed by atoms with Crippen molar-refractivity contribution in [1.82, 2.24) is 0 Å². The molecule has 0 aliphatic heterocycles. The SMILES string of the molecule is NC(=O)c1ccc(N)cc1C(=O)Nc1ccccc1. The molecule has 0 atom stereocenters. The summed E-state index contributed by atoms with van der Waals surface area (Å²) in [5.74, 6) is -1.09. The zero-order valence-corrected chi connectivity index (χ0v) is 10.1. The first-order valence-corrected chi connectivity index (χ1v) is 5.63. The van der Waals surface area contributed by atoms with Crippen LogP contribution in [0.25, 0.3) is 0 Å². The zero-order valence-electron chi connectivity index (χ0n) is 10.1. The van der Waals surface area contributed by atoms with Crippen LogP contribution in [0.4, 0.5) is 11.4 Å². The molecule has 0 spiro atoms. The summed E-state index contributed by atoms with van der Waals surface area (Å²) in [6.45, 7) is 0. The molecule has 0 aromatic heterocycles. The number of hydrogen-bond acceptors (Lipinski definition) is 3. The lowest BCUT2D eigenvalue weighted by Gasteiger charge is -2.09. The number of nitrogens with one attached hydrogen (secondary N) is 1. The van der Waals surface area contributed by atoms with Gasteiger partial charge >= 0.3 is 0 Å². The van der Waals surface area contributed by atoms with Crippen molar-refractivity contribution < 1.29 is 9.59 Å². The molecule has 2 aromatic rings. The maximum Gasteiger partial charge on any atom is 0.256 e. The summed E-state index contributed by atoms with van der Waals surface area (Å²) in [5.41, 5.74) is 12.2. The van der Waals surface area contributed by atoms with Gasteiger partial charge in [-0.3, -0.25) is 9.59 Å². The van der Waals surface area contributed by atoms with Gasteiger partial charge in [-0.2, -0.15) is 0 Å². The normalized spacial score (nSPS) is 9.89. The Morgan fingerprint density at radius 3 is 2.26 bits per heavy atom. The van der Waals surface area contributed by atoms with Gasteiger partial charge < -0.3 is 16.8 Å². The summed E-state index contributed by atoms with van der Waals surface area (Å²) in [6, 6.07) is 13.3. The fourth-order valence-corrected chi connectivity index (χ4v) is 1.68. The molecule has 0 unspecified atom stereocenters. The molecule has 0 radical (unpaired) electrons. The van der Waals surface area contributed by atoms with Crippen LogP contribution >= 0.6 is 0 Å². The number of nitrogens with two attached hydrogens (primary N) is 2. The molecule has 0 bridgehead atoms. The molecule has 0 fully saturated rings. The molecular weight excluding hydrogens is 242 g/mol. The lowest BCUT2D eigenvalue weighted by Crippen LogP contribution is -2.20. The average molecular weight is 255 g/mol. The van der Waals surface area contributed by atoms with Crippen molar-refractivity contribution in [2.75, 3.05) is 11.1 Å². The molecule has 96 valence electrons. The summed E-state index contributed by atoms with van der Waals surface area (Å²) in [4.78, 5) is 23.4. The second kappa shape index (κ2) is 5.22. The Bertz CT molecular complexity index is 624. The Labute approximate surface area is 110 Å². The maximum atomic E-state index is 12.1. The Morgan fingerprint density at radius 2 is 1.63 bits per heavy atom. The van der Waals surface area contributed by atoms with Crippen molar-refractivity contribution >= 4 is 23.2 Å². The van der Waals surface area contributed by atoms with E-state index in [0.717, 1.165) is 0 Å². The van der Waals surface area contributed by atoms with Crippen LogP contribution in [-0.4, -0.2) is 11.8 Å². The first-order valence-electron chi connectivity index (χ1n) is 5.63. The summed E-state index contributed by atoms with van der Waals surface area (Å²) in [6.07, 6.45) is 0. The fourth-order valence-electron chi connectivity index (χ4n) is 1.68. The summed E-state index contributed by atoms with van der Waals surface area (Å²) < 4.78 is 0. The lowest BCUT2D eigenvalue weighted by molar-refractivity contribution is 0.0977. The van der Waals surface area contributed by atoms with Crippen LogP contribution < -0.4 is 16.8 Å². The van der Waals surface area contributed by atoms with Crippen LogP contribution in [0.3, 0.4) is 0 Å². The molecule has 0 heterocycles.